The average molecular weight is 255 g/mol. The Balaban J connectivity index is 1.75. The largest absolute Gasteiger partial charge is 0.371 e. The van der Waals surface area contributed by atoms with E-state index < -0.39 is 0 Å². The molecule has 3 heteroatoms. The fourth-order valence-electron chi connectivity index (χ4n) is 2.04. The number of para-hydroxylation sites is 1. The van der Waals surface area contributed by atoms with Crippen molar-refractivity contribution in [1.29, 1.82) is 0 Å². The molecule has 100 valence electrons. The highest BCUT2D eigenvalue weighted by atomic mass is 15.1. The third-order valence-corrected chi connectivity index (χ3v) is 3.09. The fraction of sp³-hybridized carbons (Fsp3) is 0.312. The molecular formula is C16H21N3. The Morgan fingerprint density at radius 3 is 2.53 bits per heavy atom. The Morgan fingerprint density at radius 1 is 1.05 bits per heavy atom. The average Bonchev–Trinajstić information content (AvgIpc) is 2.49. The molecule has 19 heavy (non-hydrogen) atoms. The Morgan fingerprint density at radius 2 is 1.84 bits per heavy atom. The van der Waals surface area contributed by atoms with Gasteiger partial charge in [-0.25, -0.2) is 0 Å². The number of nitrogens with zero attached hydrogens (tertiary/aromatic N) is 2. The van der Waals surface area contributed by atoms with Gasteiger partial charge in [0.1, 0.15) is 0 Å². The van der Waals surface area contributed by atoms with Crippen molar-refractivity contribution in [1.82, 2.24) is 10.3 Å². The summed E-state index contributed by atoms with van der Waals surface area (Å²) in [6.07, 6.45) is 1.83. The molecule has 3 nitrogen and oxygen atoms in total. The van der Waals surface area contributed by atoms with Gasteiger partial charge in [-0.1, -0.05) is 24.3 Å². The Hall–Kier alpha value is -1.87. The van der Waals surface area contributed by atoms with E-state index in [1.165, 1.54) is 5.69 Å². The van der Waals surface area contributed by atoms with Crippen LogP contribution < -0.4 is 10.2 Å². The summed E-state index contributed by atoms with van der Waals surface area (Å²) in [7, 11) is 0. The molecule has 0 amide bonds. The highest BCUT2D eigenvalue weighted by molar-refractivity contribution is 5.45. The standard InChI is InChI=1S/C16H21N3/c1-2-19(16-9-4-3-5-10-16)13-12-17-14-15-8-6-7-11-18-15/h3-11,17H,2,12-14H2,1H3. The molecule has 2 aromatic rings. The minimum Gasteiger partial charge on any atom is -0.371 e. The predicted molar refractivity (Wildman–Crippen MR) is 80.3 cm³/mol. The van der Waals surface area contributed by atoms with Crippen molar-refractivity contribution >= 4 is 5.69 Å². The van der Waals surface area contributed by atoms with Crippen LogP contribution in [-0.2, 0) is 6.54 Å². The number of rotatable bonds is 7. The van der Waals surface area contributed by atoms with Gasteiger partial charge in [-0.05, 0) is 31.2 Å². The van der Waals surface area contributed by atoms with Crippen LogP contribution >= 0.6 is 0 Å². The number of anilines is 1. The molecule has 0 radical (unpaired) electrons. The van der Waals surface area contributed by atoms with E-state index in [0.29, 0.717) is 0 Å². The summed E-state index contributed by atoms with van der Waals surface area (Å²) >= 11 is 0. The van der Waals surface area contributed by atoms with Crippen LogP contribution in [0.2, 0.25) is 0 Å². The molecule has 1 heterocycles. The fourth-order valence-corrected chi connectivity index (χ4v) is 2.04. The topological polar surface area (TPSA) is 28.2 Å². The molecule has 0 atom stereocenters. The lowest BCUT2D eigenvalue weighted by Crippen LogP contribution is -2.31. The Bertz CT molecular complexity index is 456. The molecular weight excluding hydrogens is 234 g/mol. The van der Waals surface area contributed by atoms with Crippen LogP contribution in [0.25, 0.3) is 0 Å². The maximum absolute atomic E-state index is 4.30. The lowest BCUT2D eigenvalue weighted by Gasteiger charge is -2.23. The second-order valence-electron chi connectivity index (χ2n) is 4.41. The monoisotopic (exact) mass is 255 g/mol. The molecule has 1 N–H and O–H groups in total. The van der Waals surface area contributed by atoms with Gasteiger partial charge in [-0.3, -0.25) is 4.98 Å². The highest BCUT2D eigenvalue weighted by Crippen LogP contribution is 2.11. The van der Waals surface area contributed by atoms with Crippen LogP contribution in [-0.4, -0.2) is 24.6 Å². The Kier molecular flexibility index (Phi) is 5.38. The van der Waals surface area contributed by atoms with E-state index in [1.54, 1.807) is 0 Å². The first-order valence-corrected chi connectivity index (χ1v) is 6.80. The second kappa shape index (κ2) is 7.54. The molecule has 0 spiro atoms. The third kappa shape index (κ3) is 4.38. The van der Waals surface area contributed by atoms with E-state index in [-0.39, 0.29) is 0 Å². The quantitative estimate of drug-likeness (QED) is 0.771. The first-order chi connectivity index (χ1) is 9.40. The number of hydrogen-bond acceptors (Lipinski definition) is 3. The lowest BCUT2D eigenvalue weighted by molar-refractivity contribution is 0.656. The lowest BCUT2D eigenvalue weighted by atomic mass is 10.3. The van der Waals surface area contributed by atoms with Gasteiger partial charge in [0.25, 0.3) is 0 Å². The van der Waals surface area contributed by atoms with Crippen LogP contribution in [0, 0.1) is 0 Å². The maximum atomic E-state index is 4.30. The van der Waals surface area contributed by atoms with Crippen LogP contribution in [0.1, 0.15) is 12.6 Å². The summed E-state index contributed by atoms with van der Waals surface area (Å²) < 4.78 is 0. The SMILES string of the molecule is CCN(CCNCc1ccccn1)c1ccccc1. The summed E-state index contributed by atoms with van der Waals surface area (Å²) in [5.41, 5.74) is 2.37. The van der Waals surface area contributed by atoms with E-state index >= 15 is 0 Å². The number of benzene rings is 1. The first-order valence-electron chi connectivity index (χ1n) is 6.80. The number of likely N-dealkylation sites (N-methyl/N-ethyl adjacent to an activating group) is 1. The molecule has 0 aliphatic rings. The number of aromatic nitrogens is 1. The normalized spacial score (nSPS) is 10.4. The minimum absolute atomic E-state index is 0.827. The minimum atomic E-state index is 0.827. The highest BCUT2D eigenvalue weighted by Gasteiger charge is 2.02. The summed E-state index contributed by atoms with van der Waals surface area (Å²) in [5, 5.41) is 3.43. The third-order valence-electron chi connectivity index (χ3n) is 3.09. The summed E-state index contributed by atoms with van der Waals surface area (Å²) in [4.78, 5) is 6.66. The van der Waals surface area contributed by atoms with Crippen molar-refractivity contribution in [3.63, 3.8) is 0 Å². The molecule has 0 saturated carbocycles. The second-order valence-corrected chi connectivity index (χ2v) is 4.41. The molecule has 0 saturated heterocycles. The summed E-state index contributed by atoms with van der Waals surface area (Å²) in [6.45, 7) is 6.00. The molecule has 0 aliphatic heterocycles. The zero-order valence-electron chi connectivity index (χ0n) is 11.4. The van der Waals surface area contributed by atoms with E-state index in [0.717, 1.165) is 31.9 Å². The van der Waals surface area contributed by atoms with E-state index in [9.17, 15) is 0 Å². The molecule has 0 fully saturated rings. The number of pyridine rings is 1. The van der Waals surface area contributed by atoms with E-state index in [1.807, 2.05) is 24.4 Å². The molecule has 0 aliphatic carbocycles. The van der Waals surface area contributed by atoms with Gasteiger partial charge in [0.05, 0.1) is 5.69 Å². The summed E-state index contributed by atoms with van der Waals surface area (Å²) in [5.74, 6) is 0. The molecule has 1 aromatic carbocycles. The van der Waals surface area contributed by atoms with Gasteiger partial charge >= 0.3 is 0 Å². The van der Waals surface area contributed by atoms with Crippen molar-refractivity contribution < 1.29 is 0 Å². The number of nitrogens with one attached hydrogen (secondary N) is 1. The zero-order chi connectivity index (χ0) is 13.3. The van der Waals surface area contributed by atoms with Crippen molar-refractivity contribution in [2.45, 2.75) is 13.5 Å². The van der Waals surface area contributed by atoms with Gasteiger partial charge in [-0.2, -0.15) is 0 Å². The van der Waals surface area contributed by atoms with Gasteiger partial charge in [0.15, 0.2) is 0 Å². The van der Waals surface area contributed by atoms with Crippen molar-refractivity contribution in [3.8, 4) is 0 Å². The number of hydrogen-bond donors (Lipinski definition) is 1. The van der Waals surface area contributed by atoms with Gasteiger partial charge in [0, 0.05) is 38.1 Å². The smallest absolute Gasteiger partial charge is 0.0541 e. The van der Waals surface area contributed by atoms with Gasteiger partial charge < -0.3 is 10.2 Å². The van der Waals surface area contributed by atoms with Crippen LogP contribution in [0.3, 0.4) is 0 Å². The molecule has 2 rings (SSSR count). The van der Waals surface area contributed by atoms with Crippen molar-refractivity contribution in [3.05, 3.63) is 60.4 Å². The van der Waals surface area contributed by atoms with Gasteiger partial charge in [0.2, 0.25) is 0 Å². The molecule has 0 unspecified atom stereocenters. The van der Waals surface area contributed by atoms with Crippen molar-refractivity contribution in [2.75, 3.05) is 24.5 Å². The first kappa shape index (κ1) is 13.6. The van der Waals surface area contributed by atoms with Gasteiger partial charge in [-0.15, -0.1) is 0 Å². The Labute approximate surface area is 115 Å². The maximum Gasteiger partial charge on any atom is 0.0541 e. The molecule has 1 aromatic heterocycles. The zero-order valence-corrected chi connectivity index (χ0v) is 11.4. The summed E-state index contributed by atoms with van der Waals surface area (Å²) in [6, 6.07) is 16.5. The van der Waals surface area contributed by atoms with Crippen molar-refractivity contribution in [2.24, 2.45) is 0 Å². The van der Waals surface area contributed by atoms with Crippen LogP contribution in [0.5, 0.6) is 0 Å². The van der Waals surface area contributed by atoms with E-state index in [4.69, 9.17) is 0 Å². The van der Waals surface area contributed by atoms with E-state index in [2.05, 4.69) is 52.5 Å². The predicted octanol–water partition coefficient (Wildman–Crippen LogP) is 2.70. The molecule has 0 bridgehead atoms. The van der Waals surface area contributed by atoms with Crippen LogP contribution in [0.15, 0.2) is 54.7 Å². The van der Waals surface area contributed by atoms with Crippen LogP contribution in [0.4, 0.5) is 5.69 Å².